The first kappa shape index (κ1) is 18.5. The number of aliphatic hydroxyl groups excluding tert-OH is 2. The molecule has 0 aromatic heterocycles. The lowest BCUT2D eigenvalue weighted by atomic mass is 9.40. The van der Waals surface area contributed by atoms with E-state index in [1.807, 2.05) is 0 Å². The summed E-state index contributed by atoms with van der Waals surface area (Å²) in [6.07, 6.45) is 7.74. The molecule has 0 unspecified atom stereocenters. The van der Waals surface area contributed by atoms with Crippen LogP contribution in [-0.2, 0) is 9.53 Å². The van der Waals surface area contributed by atoms with E-state index in [0.717, 1.165) is 25.7 Å². The van der Waals surface area contributed by atoms with Crippen LogP contribution in [0.15, 0.2) is 11.6 Å². The van der Waals surface area contributed by atoms with Gasteiger partial charge in [0.25, 0.3) is 0 Å². The minimum absolute atomic E-state index is 0.00483. The number of hydrogen-bond acceptors (Lipinski definition) is 4. The molecule has 0 saturated heterocycles. The molecule has 2 N–H and O–H groups in total. The number of fused-ring (bicyclic) bond motifs is 3. The van der Waals surface area contributed by atoms with Gasteiger partial charge in [-0.15, -0.1) is 0 Å². The smallest absolute Gasteiger partial charge is 0.302 e. The van der Waals surface area contributed by atoms with Crippen LogP contribution in [0, 0.1) is 34.0 Å². The first-order valence-electron chi connectivity index (χ1n) is 10.3. The van der Waals surface area contributed by atoms with Crippen molar-refractivity contribution >= 4 is 5.97 Å². The normalized spacial score (nSPS) is 52.7. The third kappa shape index (κ3) is 2.24. The molecule has 8 atom stereocenters. The van der Waals surface area contributed by atoms with E-state index in [1.165, 1.54) is 18.9 Å². The van der Waals surface area contributed by atoms with E-state index in [4.69, 9.17) is 4.74 Å². The maximum atomic E-state index is 11.6. The van der Waals surface area contributed by atoms with Crippen molar-refractivity contribution in [1.29, 1.82) is 0 Å². The predicted octanol–water partition coefficient (Wildman–Crippen LogP) is 3.46. The van der Waals surface area contributed by atoms with Crippen molar-refractivity contribution in [1.82, 2.24) is 0 Å². The Kier molecular flexibility index (Phi) is 4.13. The summed E-state index contributed by atoms with van der Waals surface area (Å²) >= 11 is 0. The van der Waals surface area contributed by atoms with Gasteiger partial charge in [-0.3, -0.25) is 4.79 Å². The van der Waals surface area contributed by atoms with Gasteiger partial charge in [-0.25, -0.2) is 0 Å². The fourth-order valence-electron chi connectivity index (χ4n) is 7.73. The van der Waals surface area contributed by atoms with E-state index in [9.17, 15) is 15.0 Å². The average Bonchev–Trinajstić information content (AvgIpc) is 2.84. The standard InChI is InChI=1S/C22H34O4/c1-13-10-22-11-15(13)5-6-16(22)20(3)8-7-19(26-14(2)24)21(4,12-23)17(20)9-18(22)25/h10,15-19,23,25H,5-9,11-12H2,1-4H3/t15-,16+,17-,18-,19-,20+,21-,22+/m1/s1. The van der Waals surface area contributed by atoms with Gasteiger partial charge >= 0.3 is 5.97 Å². The molecule has 0 radical (unpaired) electrons. The summed E-state index contributed by atoms with van der Waals surface area (Å²) in [4.78, 5) is 11.6. The topological polar surface area (TPSA) is 66.8 Å². The number of carbonyl (C=O) groups is 1. The van der Waals surface area contributed by atoms with Crippen LogP contribution in [0.25, 0.3) is 0 Å². The van der Waals surface area contributed by atoms with Crippen LogP contribution in [0.1, 0.15) is 66.2 Å². The van der Waals surface area contributed by atoms with Crippen LogP contribution in [0.2, 0.25) is 0 Å². The molecule has 4 nitrogen and oxygen atoms in total. The second-order valence-corrected chi connectivity index (χ2v) is 10.1. The quantitative estimate of drug-likeness (QED) is 0.583. The number of carbonyl (C=O) groups excluding carboxylic acids is 1. The van der Waals surface area contributed by atoms with Crippen LogP contribution >= 0.6 is 0 Å². The maximum absolute atomic E-state index is 11.6. The van der Waals surface area contributed by atoms with Gasteiger partial charge in [0.05, 0.1) is 12.7 Å². The summed E-state index contributed by atoms with van der Waals surface area (Å²) in [5.74, 6) is 0.972. The van der Waals surface area contributed by atoms with Crippen molar-refractivity contribution < 1.29 is 19.7 Å². The lowest BCUT2D eigenvalue weighted by molar-refractivity contribution is -0.228. The molecular weight excluding hydrogens is 328 g/mol. The summed E-state index contributed by atoms with van der Waals surface area (Å²) in [6, 6.07) is 0. The Morgan fingerprint density at radius 3 is 2.65 bits per heavy atom. The Morgan fingerprint density at radius 2 is 2.00 bits per heavy atom. The zero-order valence-electron chi connectivity index (χ0n) is 16.6. The number of rotatable bonds is 2. The molecule has 0 amide bonds. The second-order valence-electron chi connectivity index (χ2n) is 10.1. The molecule has 0 heterocycles. The summed E-state index contributed by atoms with van der Waals surface area (Å²) in [7, 11) is 0. The number of allylic oxidation sites excluding steroid dienone is 1. The van der Waals surface area contributed by atoms with Crippen molar-refractivity contribution in [2.75, 3.05) is 6.61 Å². The van der Waals surface area contributed by atoms with Crippen molar-refractivity contribution in [3.8, 4) is 0 Å². The number of ether oxygens (including phenoxy) is 1. The minimum Gasteiger partial charge on any atom is -0.462 e. The van der Waals surface area contributed by atoms with Gasteiger partial charge in [0.2, 0.25) is 0 Å². The van der Waals surface area contributed by atoms with Crippen molar-refractivity contribution in [3.63, 3.8) is 0 Å². The van der Waals surface area contributed by atoms with Crippen LogP contribution in [0.4, 0.5) is 0 Å². The van der Waals surface area contributed by atoms with Gasteiger partial charge in [-0.2, -0.15) is 0 Å². The van der Waals surface area contributed by atoms with Gasteiger partial charge in [-0.05, 0) is 68.6 Å². The molecule has 4 aliphatic carbocycles. The summed E-state index contributed by atoms with van der Waals surface area (Å²) < 4.78 is 5.65. The predicted molar refractivity (Wildman–Crippen MR) is 99.2 cm³/mol. The molecular formula is C22H34O4. The first-order chi connectivity index (χ1) is 12.2. The molecule has 3 saturated carbocycles. The highest BCUT2D eigenvalue weighted by atomic mass is 16.5. The lowest BCUT2D eigenvalue weighted by Gasteiger charge is -2.66. The molecule has 0 aromatic carbocycles. The van der Waals surface area contributed by atoms with Crippen LogP contribution in [0.5, 0.6) is 0 Å². The van der Waals surface area contributed by atoms with Crippen LogP contribution < -0.4 is 0 Å². The van der Waals surface area contributed by atoms with E-state index in [-0.39, 0.29) is 41.5 Å². The largest absolute Gasteiger partial charge is 0.462 e. The molecule has 2 bridgehead atoms. The third-order valence-corrected chi connectivity index (χ3v) is 8.99. The van der Waals surface area contributed by atoms with E-state index >= 15 is 0 Å². The van der Waals surface area contributed by atoms with Gasteiger partial charge in [0.1, 0.15) is 6.10 Å². The van der Waals surface area contributed by atoms with Gasteiger partial charge in [0, 0.05) is 17.8 Å². The molecule has 4 heteroatoms. The Hall–Kier alpha value is -0.870. The molecule has 146 valence electrons. The van der Waals surface area contributed by atoms with Gasteiger partial charge in [0.15, 0.2) is 0 Å². The number of hydrogen-bond donors (Lipinski definition) is 2. The van der Waals surface area contributed by atoms with E-state index in [2.05, 4.69) is 26.8 Å². The Bertz CT molecular complexity index is 642. The molecule has 1 spiro atoms. The third-order valence-electron chi connectivity index (χ3n) is 8.99. The van der Waals surface area contributed by atoms with Crippen LogP contribution in [-0.4, -0.2) is 35.0 Å². The van der Waals surface area contributed by atoms with Crippen molar-refractivity contribution in [2.24, 2.45) is 34.0 Å². The maximum Gasteiger partial charge on any atom is 0.302 e. The zero-order valence-corrected chi connectivity index (χ0v) is 16.6. The van der Waals surface area contributed by atoms with E-state index in [1.54, 1.807) is 0 Å². The first-order valence-corrected chi connectivity index (χ1v) is 10.3. The highest BCUT2D eigenvalue weighted by Crippen LogP contribution is 2.70. The zero-order chi connectivity index (χ0) is 18.9. The highest BCUT2D eigenvalue weighted by molar-refractivity contribution is 5.66. The van der Waals surface area contributed by atoms with E-state index in [0.29, 0.717) is 18.3 Å². The Balaban J connectivity index is 1.75. The van der Waals surface area contributed by atoms with Gasteiger partial charge < -0.3 is 14.9 Å². The average molecular weight is 363 g/mol. The summed E-state index contributed by atoms with van der Waals surface area (Å²) in [6.45, 7) is 8.13. The fraction of sp³-hybridized carbons (Fsp3) is 0.864. The molecule has 0 aromatic rings. The summed E-state index contributed by atoms with van der Waals surface area (Å²) in [5, 5.41) is 21.7. The number of aliphatic hydroxyl groups is 2. The Morgan fingerprint density at radius 1 is 1.27 bits per heavy atom. The SMILES string of the molecule is CC(=O)O[C@@H]1CC[C@]2(C)[C@@H](C[C@@H](O)[C@]34C=C(C)[C@H](CC[C@@H]23)C4)[C@@]1(C)CO. The fourth-order valence-corrected chi connectivity index (χ4v) is 7.73. The lowest BCUT2D eigenvalue weighted by Crippen LogP contribution is -2.65. The molecule has 4 rings (SSSR count). The highest BCUT2D eigenvalue weighted by Gasteiger charge is 2.67. The molecule has 0 aliphatic heterocycles. The summed E-state index contributed by atoms with van der Waals surface area (Å²) in [5.41, 5.74) is 0.963. The Labute approximate surface area is 157 Å². The molecule has 4 aliphatic rings. The molecule has 3 fully saturated rings. The number of esters is 1. The van der Waals surface area contributed by atoms with E-state index < -0.39 is 5.41 Å². The van der Waals surface area contributed by atoms with Gasteiger partial charge in [-0.1, -0.05) is 25.5 Å². The van der Waals surface area contributed by atoms with Crippen molar-refractivity contribution in [3.05, 3.63) is 11.6 Å². The second kappa shape index (κ2) is 5.81. The molecule has 26 heavy (non-hydrogen) atoms. The minimum atomic E-state index is -0.491. The monoisotopic (exact) mass is 362 g/mol. The van der Waals surface area contributed by atoms with Crippen LogP contribution in [0.3, 0.4) is 0 Å². The van der Waals surface area contributed by atoms with Crippen molar-refractivity contribution in [2.45, 2.75) is 78.4 Å².